The fourth-order valence-corrected chi connectivity index (χ4v) is 3.38. The Morgan fingerprint density at radius 2 is 1.46 bits per heavy atom. The van der Waals surface area contributed by atoms with Gasteiger partial charge in [-0.25, -0.2) is 4.79 Å². The van der Waals surface area contributed by atoms with E-state index in [-0.39, 0.29) is 16.4 Å². The molecule has 0 saturated carbocycles. The van der Waals surface area contributed by atoms with Gasteiger partial charge in [0, 0.05) is 5.56 Å². The molecule has 0 spiro atoms. The van der Waals surface area contributed by atoms with E-state index in [2.05, 4.69) is 60.6 Å². The lowest BCUT2D eigenvalue weighted by molar-refractivity contribution is 0.0693. The molecule has 0 aliphatic rings. The highest BCUT2D eigenvalue weighted by Gasteiger charge is 2.29. The van der Waals surface area contributed by atoms with Crippen molar-refractivity contribution in [1.29, 1.82) is 0 Å². The first-order chi connectivity index (χ1) is 11.9. The van der Waals surface area contributed by atoms with Crippen LogP contribution in [0, 0.1) is 6.92 Å². The van der Waals surface area contributed by atoms with Gasteiger partial charge in [-0.1, -0.05) is 71.4 Å². The van der Waals surface area contributed by atoms with Crippen molar-refractivity contribution in [3.8, 4) is 16.9 Å². The Balaban J connectivity index is 3.02. The van der Waals surface area contributed by atoms with Gasteiger partial charge in [0.1, 0.15) is 11.3 Å². The lowest BCUT2D eigenvalue weighted by atomic mass is 9.73. The summed E-state index contributed by atoms with van der Waals surface area (Å²) in [5.74, 6) is -0.565. The van der Waals surface area contributed by atoms with Gasteiger partial charge in [-0.15, -0.1) is 0 Å². The second kappa shape index (κ2) is 6.79. The van der Waals surface area contributed by atoms with Crippen molar-refractivity contribution in [1.82, 2.24) is 0 Å². The first-order valence-corrected chi connectivity index (χ1v) is 8.94. The summed E-state index contributed by atoms with van der Waals surface area (Å²) in [6.45, 7) is 15.2. The fraction of sp³-hybridized carbons (Fsp3) is 0.435. The number of para-hydroxylation sites is 1. The van der Waals surface area contributed by atoms with Crippen LogP contribution in [-0.2, 0) is 10.8 Å². The van der Waals surface area contributed by atoms with E-state index in [4.69, 9.17) is 4.74 Å². The van der Waals surface area contributed by atoms with Gasteiger partial charge in [-0.05, 0) is 40.5 Å². The molecule has 140 valence electrons. The number of rotatable bonds is 3. The topological polar surface area (TPSA) is 46.5 Å². The molecule has 0 aromatic heterocycles. The van der Waals surface area contributed by atoms with Crippen LogP contribution < -0.4 is 4.74 Å². The van der Waals surface area contributed by atoms with E-state index in [9.17, 15) is 9.90 Å². The lowest BCUT2D eigenvalue weighted by Crippen LogP contribution is -2.20. The van der Waals surface area contributed by atoms with Gasteiger partial charge in [0.2, 0.25) is 0 Å². The van der Waals surface area contributed by atoms with E-state index >= 15 is 0 Å². The van der Waals surface area contributed by atoms with Crippen molar-refractivity contribution >= 4 is 5.97 Å². The Bertz CT molecular complexity index is 799. The Morgan fingerprint density at radius 3 is 1.85 bits per heavy atom. The lowest BCUT2D eigenvalue weighted by Gasteiger charge is -2.31. The number of benzene rings is 2. The van der Waals surface area contributed by atoms with Crippen LogP contribution in [0.15, 0.2) is 30.3 Å². The van der Waals surface area contributed by atoms with Gasteiger partial charge < -0.3 is 9.84 Å². The van der Waals surface area contributed by atoms with E-state index in [0.29, 0.717) is 5.75 Å². The van der Waals surface area contributed by atoms with Crippen molar-refractivity contribution in [2.24, 2.45) is 0 Å². The van der Waals surface area contributed by atoms with Gasteiger partial charge in [-0.3, -0.25) is 0 Å². The van der Waals surface area contributed by atoms with E-state index in [0.717, 1.165) is 11.1 Å². The van der Waals surface area contributed by atoms with Crippen LogP contribution in [0.2, 0.25) is 0 Å². The standard InChI is InChI=1S/C23H30O3/c1-14-12-17(22(2,3)4)19(18(13-14)23(5,6)7)15-10-9-11-16(21(24)25)20(15)26-8/h9-13H,1-8H3,(H,24,25). The van der Waals surface area contributed by atoms with Crippen LogP contribution in [0.3, 0.4) is 0 Å². The second-order valence-electron chi connectivity index (χ2n) is 8.93. The van der Waals surface area contributed by atoms with Crippen molar-refractivity contribution < 1.29 is 14.6 Å². The summed E-state index contributed by atoms with van der Waals surface area (Å²) in [7, 11) is 1.53. The zero-order valence-electron chi connectivity index (χ0n) is 17.2. The summed E-state index contributed by atoms with van der Waals surface area (Å²) in [4.78, 5) is 11.7. The van der Waals surface area contributed by atoms with E-state index in [1.54, 1.807) is 12.1 Å². The minimum absolute atomic E-state index is 0.0917. The molecule has 0 amide bonds. The number of ether oxygens (including phenoxy) is 1. The molecule has 3 nitrogen and oxygen atoms in total. The quantitative estimate of drug-likeness (QED) is 0.739. The van der Waals surface area contributed by atoms with Crippen molar-refractivity contribution in [2.45, 2.75) is 59.3 Å². The zero-order chi connectivity index (χ0) is 19.9. The Hall–Kier alpha value is -2.29. The van der Waals surface area contributed by atoms with Gasteiger partial charge in [0.15, 0.2) is 0 Å². The van der Waals surface area contributed by atoms with E-state index < -0.39 is 5.97 Å². The largest absolute Gasteiger partial charge is 0.495 e. The fourth-order valence-electron chi connectivity index (χ4n) is 3.38. The third-order valence-corrected chi connectivity index (χ3v) is 4.62. The minimum Gasteiger partial charge on any atom is -0.495 e. The predicted molar refractivity (Wildman–Crippen MR) is 108 cm³/mol. The van der Waals surface area contributed by atoms with Crippen LogP contribution in [-0.4, -0.2) is 18.2 Å². The highest BCUT2D eigenvalue weighted by Crippen LogP contribution is 2.45. The van der Waals surface area contributed by atoms with Gasteiger partial charge in [-0.2, -0.15) is 0 Å². The Morgan fingerprint density at radius 1 is 0.962 bits per heavy atom. The minimum atomic E-state index is -0.981. The van der Waals surface area contributed by atoms with Crippen LogP contribution >= 0.6 is 0 Å². The second-order valence-corrected chi connectivity index (χ2v) is 8.93. The van der Waals surface area contributed by atoms with Crippen molar-refractivity contribution in [3.05, 3.63) is 52.6 Å². The average Bonchev–Trinajstić information content (AvgIpc) is 2.51. The van der Waals surface area contributed by atoms with Crippen molar-refractivity contribution in [3.63, 3.8) is 0 Å². The van der Waals surface area contributed by atoms with Gasteiger partial charge in [0.05, 0.1) is 7.11 Å². The van der Waals surface area contributed by atoms with E-state index in [1.165, 1.54) is 23.8 Å². The summed E-state index contributed by atoms with van der Waals surface area (Å²) in [6, 6.07) is 9.75. The first-order valence-electron chi connectivity index (χ1n) is 8.94. The molecule has 0 saturated heterocycles. The molecule has 3 heteroatoms. The number of aryl methyl sites for hydroxylation is 1. The molecule has 2 rings (SSSR count). The smallest absolute Gasteiger partial charge is 0.339 e. The van der Waals surface area contributed by atoms with Gasteiger partial charge in [0.25, 0.3) is 0 Å². The highest BCUT2D eigenvalue weighted by molar-refractivity contribution is 5.95. The SMILES string of the molecule is COc1c(C(=O)O)cccc1-c1c(C(C)(C)C)cc(C)cc1C(C)(C)C. The summed E-state index contributed by atoms with van der Waals surface area (Å²) < 4.78 is 5.58. The van der Waals surface area contributed by atoms with Crippen LogP contribution in [0.25, 0.3) is 11.1 Å². The summed E-state index contributed by atoms with van der Waals surface area (Å²) in [5, 5.41) is 9.59. The highest BCUT2D eigenvalue weighted by atomic mass is 16.5. The predicted octanol–water partition coefficient (Wildman–Crippen LogP) is 5.96. The molecule has 2 aromatic carbocycles. The van der Waals surface area contributed by atoms with E-state index in [1.807, 2.05) is 6.07 Å². The number of methoxy groups -OCH3 is 1. The summed E-state index contributed by atoms with van der Waals surface area (Å²) >= 11 is 0. The third kappa shape index (κ3) is 3.77. The molecular weight excluding hydrogens is 324 g/mol. The number of hydrogen-bond acceptors (Lipinski definition) is 2. The molecule has 0 bridgehead atoms. The van der Waals surface area contributed by atoms with Crippen molar-refractivity contribution in [2.75, 3.05) is 7.11 Å². The molecule has 26 heavy (non-hydrogen) atoms. The molecule has 1 N–H and O–H groups in total. The molecule has 0 unspecified atom stereocenters. The van der Waals surface area contributed by atoms with Crippen LogP contribution in [0.5, 0.6) is 5.75 Å². The number of aromatic carboxylic acids is 1. The molecular formula is C23H30O3. The molecule has 0 fully saturated rings. The third-order valence-electron chi connectivity index (χ3n) is 4.62. The first kappa shape index (κ1) is 20.0. The monoisotopic (exact) mass is 354 g/mol. The molecule has 0 heterocycles. The summed E-state index contributed by atoms with van der Waals surface area (Å²) in [6.07, 6.45) is 0. The number of hydrogen-bond donors (Lipinski definition) is 1. The van der Waals surface area contributed by atoms with Crippen LogP contribution in [0.1, 0.15) is 68.6 Å². The molecule has 2 aromatic rings. The molecule has 0 atom stereocenters. The molecule has 0 aliphatic carbocycles. The Kier molecular flexibility index (Phi) is 5.23. The number of carboxylic acids is 1. The molecule has 0 radical (unpaired) electrons. The maximum absolute atomic E-state index is 11.7. The van der Waals surface area contributed by atoms with Gasteiger partial charge >= 0.3 is 5.97 Å². The summed E-state index contributed by atoms with van der Waals surface area (Å²) in [5.41, 5.74) is 5.52. The molecule has 0 aliphatic heterocycles. The average molecular weight is 354 g/mol. The zero-order valence-corrected chi connectivity index (χ0v) is 17.2. The van der Waals surface area contributed by atoms with Crippen LogP contribution in [0.4, 0.5) is 0 Å². The normalized spacial score (nSPS) is 12.2. The number of carboxylic acid groups (broad SMARTS) is 1. The Labute approximate surface area is 157 Å². The maximum Gasteiger partial charge on any atom is 0.339 e. The maximum atomic E-state index is 11.7. The number of carbonyl (C=O) groups is 1.